The molecule has 0 saturated carbocycles. The summed E-state index contributed by atoms with van der Waals surface area (Å²) in [6, 6.07) is 9.18. The summed E-state index contributed by atoms with van der Waals surface area (Å²) in [4.78, 5) is 24.0. The van der Waals surface area contributed by atoms with Gasteiger partial charge in [0.05, 0.1) is 24.5 Å². The lowest BCUT2D eigenvalue weighted by Crippen LogP contribution is -2.51. The van der Waals surface area contributed by atoms with Gasteiger partial charge in [0.15, 0.2) is 0 Å². The van der Waals surface area contributed by atoms with E-state index in [1.54, 1.807) is 0 Å². The minimum Gasteiger partial charge on any atom is -0.463 e. The molecule has 2 N–H and O–H groups in total. The highest BCUT2D eigenvalue weighted by Gasteiger charge is 2.28. The molecule has 1 fully saturated rings. The SMILES string of the molecule is CC(C)OC(=O)CC(NC(=O)C1CNC1)c1ccccc1.Cl. The summed E-state index contributed by atoms with van der Waals surface area (Å²) in [5.74, 6) is -0.317. The first-order valence-electron chi connectivity index (χ1n) is 7.31. The first kappa shape index (κ1) is 18.5. The van der Waals surface area contributed by atoms with Crippen LogP contribution in [0.5, 0.6) is 0 Å². The minimum absolute atomic E-state index is 0. The van der Waals surface area contributed by atoms with Crippen molar-refractivity contribution in [1.82, 2.24) is 10.6 Å². The molecule has 6 heteroatoms. The number of carbonyl (C=O) groups is 2. The van der Waals surface area contributed by atoms with Gasteiger partial charge in [-0.1, -0.05) is 30.3 Å². The summed E-state index contributed by atoms with van der Waals surface area (Å²) in [7, 11) is 0. The van der Waals surface area contributed by atoms with Crippen LogP contribution < -0.4 is 10.6 Å². The van der Waals surface area contributed by atoms with E-state index in [1.165, 1.54) is 0 Å². The molecule has 1 atom stereocenters. The van der Waals surface area contributed by atoms with Crippen LogP contribution in [0, 0.1) is 5.92 Å². The molecule has 1 aliphatic heterocycles. The van der Waals surface area contributed by atoms with Crippen LogP contribution in [0.2, 0.25) is 0 Å². The zero-order valence-corrected chi connectivity index (χ0v) is 13.7. The first-order valence-corrected chi connectivity index (χ1v) is 7.31. The van der Waals surface area contributed by atoms with Crippen molar-refractivity contribution in [2.24, 2.45) is 5.92 Å². The van der Waals surface area contributed by atoms with Crippen LogP contribution in [0.1, 0.15) is 31.9 Å². The highest BCUT2D eigenvalue weighted by Crippen LogP contribution is 2.19. The van der Waals surface area contributed by atoms with E-state index in [-0.39, 0.29) is 48.8 Å². The topological polar surface area (TPSA) is 67.4 Å². The summed E-state index contributed by atoms with van der Waals surface area (Å²) >= 11 is 0. The van der Waals surface area contributed by atoms with Gasteiger partial charge in [-0.2, -0.15) is 0 Å². The second-order valence-corrected chi connectivity index (χ2v) is 5.57. The van der Waals surface area contributed by atoms with Crippen LogP contribution in [0.25, 0.3) is 0 Å². The third-order valence-corrected chi connectivity index (χ3v) is 3.41. The molecule has 0 spiro atoms. The van der Waals surface area contributed by atoms with Crippen LogP contribution in [-0.4, -0.2) is 31.1 Å². The molecular formula is C16H23ClN2O3. The van der Waals surface area contributed by atoms with Crippen LogP contribution >= 0.6 is 12.4 Å². The summed E-state index contributed by atoms with van der Waals surface area (Å²) in [6.07, 6.45) is -0.00545. The van der Waals surface area contributed by atoms with Crippen LogP contribution in [-0.2, 0) is 14.3 Å². The monoisotopic (exact) mass is 326 g/mol. The van der Waals surface area contributed by atoms with E-state index in [1.807, 2.05) is 44.2 Å². The van der Waals surface area contributed by atoms with Gasteiger partial charge in [0, 0.05) is 13.1 Å². The number of benzene rings is 1. The van der Waals surface area contributed by atoms with Crippen LogP contribution in [0.3, 0.4) is 0 Å². The molecule has 1 amide bonds. The fourth-order valence-corrected chi connectivity index (χ4v) is 2.18. The molecule has 1 heterocycles. The van der Waals surface area contributed by atoms with Gasteiger partial charge in [-0.3, -0.25) is 9.59 Å². The highest BCUT2D eigenvalue weighted by molar-refractivity contribution is 5.85. The average molecular weight is 327 g/mol. The Labute approximate surface area is 137 Å². The van der Waals surface area contributed by atoms with Crippen molar-refractivity contribution in [3.05, 3.63) is 35.9 Å². The number of carbonyl (C=O) groups excluding carboxylic acids is 2. The Kier molecular flexibility index (Phi) is 7.35. The summed E-state index contributed by atoms with van der Waals surface area (Å²) in [5, 5.41) is 6.03. The van der Waals surface area contributed by atoms with Gasteiger partial charge in [-0.15, -0.1) is 12.4 Å². The third-order valence-electron chi connectivity index (χ3n) is 3.41. The molecule has 5 nitrogen and oxygen atoms in total. The minimum atomic E-state index is -0.342. The number of ether oxygens (including phenoxy) is 1. The Balaban J connectivity index is 0.00000242. The predicted octanol–water partition coefficient (Wildman–Crippen LogP) is 1.83. The van der Waals surface area contributed by atoms with Gasteiger partial charge in [0.1, 0.15) is 0 Å². The lowest BCUT2D eigenvalue weighted by Gasteiger charge is -2.28. The van der Waals surface area contributed by atoms with Crippen molar-refractivity contribution in [3.8, 4) is 0 Å². The van der Waals surface area contributed by atoms with Crippen molar-refractivity contribution in [3.63, 3.8) is 0 Å². The number of rotatable bonds is 6. The molecule has 1 aliphatic rings. The van der Waals surface area contributed by atoms with E-state index in [0.29, 0.717) is 13.1 Å². The summed E-state index contributed by atoms with van der Waals surface area (Å²) in [5.41, 5.74) is 0.916. The largest absolute Gasteiger partial charge is 0.463 e. The smallest absolute Gasteiger partial charge is 0.308 e. The number of amides is 1. The van der Waals surface area contributed by atoms with Gasteiger partial charge in [-0.05, 0) is 19.4 Å². The standard InChI is InChI=1S/C16H22N2O3.ClH/c1-11(2)21-15(19)8-14(12-6-4-3-5-7-12)18-16(20)13-9-17-10-13;/h3-7,11,13-14,17H,8-10H2,1-2H3,(H,18,20);1H. The zero-order valence-electron chi connectivity index (χ0n) is 12.9. The normalized spacial score (nSPS) is 15.4. The van der Waals surface area contributed by atoms with E-state index >= 15 is 0 Å². The molecule has 1 aromatic carbocycles. The second kappa shape index (κ2) is 8.76. The quantitative estimate of drug-likeness (QED) is 0.783. The molecular weight excluding hydrogens is 304 g/mol. The van der Waals surface area contributed by atoms with Gasteiger partial charge in [0.2, 0.25) is 5.91 Å². The Bertz CT molecular complexity index is 489. The molecule has 0 aromatic heterocycles. The molecule has 22 heavy (non-hydrogen) atoms. The Morgan fingerprint density at radius 2 is 1.91 bits per heavy atom. The van der Waals surface area contributed by atoms with E-state index in [9.17, 15) is 9.59 Å². The molecule has 0 radical (unpaired) electrons. The number of halogens is 1. The summed E-state index contributed by atoms with van der Waals surface area (Å²) < 4.78 is 5.18. The van der Waals surface area contributed by atoms with Gasteiger partial charge < -0.3 is 15.4 Å². The van der Waals surface area contributed by atoms with Crippen molar-refractivity contribution in [2.75, 3.05) is 13.1 Å². The summed E-state index contributed by atoms with van der Waals surface area (Å²) in [6.45, 7) is 5.02. The van der Waals surface area contributed by atoms with E-state index in [0.717, 1.165) is 5.56 Å². The number of hydrogen-bond acceptors (Lipinski definition) is 4. The van der Waals surface area contributed by atoms with Gasteiger partial charge in [0.25, 0.3) is 0 Å². The van der Waals surface area contributed by atoms with Gasteiger partial charge >= 0.3 is 5.97 Å². The fourth-order valence-electron chi connectivity index (χ4n) is 2.18. The van der Waals surface area contributed by atoms with E-state index in [2.05, 4.69) is 10.6 Å². The third kappa shape index (κ3) is 5.31. The second-order valence-electron chi connectivity index (χ2n) is 5.57. The molecule has 1 unspecified atom stereocenters. The van der Waals surface area contributed by atoms with Crippen molar-refractivity contribution < 1.29 is 14.3 Å². The Morgan fingerprint density at radius 3 is 2.41 bits per heavy atom. The Hall–Kier alpha value is -1.59. The Morgan fingerprint density at radius 1 is 1.27 bits per heavy atom. The average Bonchev–Trinajstić information content (AvgIpc) is 2.36. The molecule has 0 aliphatic carbocycles. The zero-order chi connectivity index (χ0) is 15.2. The maximum absolute atomic E-state index is 12.1. The van der Waals surface area contributed by atoms with Crippen LogP contribution in [0.4, 0.5) is 0 Å². The van der Waals surface area contributed by atoms with E-state index < -0.39 is 0 Å². The van der Waals surface area contributed by atoms with Crippen molar-refractivity contribution in [1.29, 1.82) is 0 Å². The predicted molar refractivity (Wildman–Crippen MR) is 86.8 cm³/mol. The van der Waals surface area contributed by atoms with Crippen LogP contribution in [0.15, 0.2) is 30.3 Å². The lowest BCUT2D eigenvalue weighted by atomic mass is 9.99. The maximum atomic E-state index is 12.1. The van der Waals surface area contributed by atoms with Gasteiger partial charge in [-0.25, -0.2) is 0 Å². The van der Waals surface area contributed by atoms with Crippen molar-refractivity contribution >= 4 is 24.3 Å². The molecule has 122 valence electrons. The number of nitrogens with one attached hydrogen (secondary N) is 2. The number of hydrogen-bond donors (Lipinski definition) is 2. The lowest BCUT2D eigenvalue weighted by molar-refractivity contribution is -0.148. The fraction of sp³-hybridized carbons (Fsp3) is 0.500. The van der Waals surface area contributed by atoms with Crippen molar-refractivity contribution in [2.45, 2.75) is 32.4 Å². The molecule has 1 saturated heterocycles. The highest BCUT2D eigenvalue weighted by atomic mass is 35.5. The van der Waals surface area contributed by atoms with E-state index in [4.69, 9.17) is 4.74 Å². The number of esters is 1. The molecule has 0 bridgehead atoms. The maximum Gasteiger partial charge on any atom is 0.308 e. The molecule has 1 aromatic rings. The molecule has 2 rings (SSSR count). The first-order chi connectivity index (χ1) is 10.1.